The monoisotopic (exact) mass is 550 g/mol. The van der Waals surface area contributed by atoms with Gasteiger partial charge in [0.25, 0.3) is 0 Å². The first-order chi connectivity index (χ1) is 16.7. The van der Waals surface area contributed by atoms with Crippen LogP contribution in [0, 0.1) is 0 Å². The Morgan fingerprint density at radius 2 is 0.824 bits per heavy atom. The zero-order valence-corrected chi connectivity index (χ0v) is 28.0. The molecular weight excluding hydrogens is 489 g/mol. The smallest absolute Gasteiger partial charge is 0.0717 e. The van der Waals surface area contributed by atoms with Crippen LogP contribution in [0.15, 0.2) is 0 Å². The summed E-state index contributed by atoms with van der Waals surface area (Å²) in [6, 6.07) is 5.95. The van der Waals surface area contributed by atoms with Gasteiger partial charge < -0.3 is 9.47 Å². The van der Waals surface area contributed by atoms with Gasteiger partial charge in [-0.05, 0) is 25.7 Å². The minimum absolute atomic E-state index is 0.603. The van der Waals surface area contributed by atoms with Crippen LogP contribution >= 0.6 is 21.6 Å². The molecule has 0 aromatic carbocycles. The van der Waals surface area contributed by atoms with Crippen LogP contribution in [0.2, 0.25) is 24.2 Å². The van der Waals surface area contributed by atoms with Crippen LogP contribution in [0.1, 0.15) is 119 Å². The molecule has 0 bridgehead atoms. The summed E-state index contributed by atoms with van der Waals surface area (Å²) in [5.41, 5.74) is 1.21. The number of ether oxygens (including phenoxy) is 2. The van der Waals surface area contributed by atoms with Crippen molar-refractivity contribution < 1.29 is 9.47 Å². The van der Waals surface area contributed by atoms with Crippen molar-refractivity contribution in [2.75, 3.05) is 24.7 Å². The molecule has 206 valence electrons. The topological polar surface area (TPSA) is 18.5 Å². The minimum atomic E-state index is -0.799. The van der Waals surface area contributed by atoms with E-state index in [-0.39, 0.29) is 0 Å². The van der Waals surface area contributed by atoms with Gasteiger partial charge in [0, 0.05) is 36.2 Å². The van der Waals surface area contributed by atoms with Gasteiger partial charge in [-0.2, -0.15) is 0 Å². The second-order valence-electron chi connectivity index (χ2n) is 10.1. The SMILES string of the molecule is CCCC[SiH](CCCC)C(CCSSCCC(OCCC)[SiH](CCCC)CCCC)OCCC. The fourth-order valence-electron chi connectivity index (χ4n) is 4.79. The van der Waals surface area contributed by atoms with Gasteiger partial charge in [0.15, 0.2) is 0 Å². The molecule has 0 saturated carbocycles. The number of unbranched alkanes of at least 4 members (excludes halogenated alkanes) is 4. The van der Waals surface area contributed by atoms with Crippen LogP contribution in [0.3, 0.4) is 0 Å². The van der Waals surface area contributed by atoms with E-state index in [2.05, 4.69) is 63.1 Å². The van der Waals surface area contributed by atoms with Crippen LogP contribution in [-0.4, -0.2) is 53.8 Å². The Morgan fingerprint density at radius 3 is 1.09 bits per heavy atom. The summed E-state index contributed by atoms with van der Waals surface area (Å²) in [6.07, 6.45) is 15.9. The predicted molar refractivity (Wildman–Crippen MR) is 167 cm³/mol. The zero-order chi connectivity index (χ0) is 25.3. The maximum atomic E-state index is 6.47. The molecule has 0 radical (unpaired) electrons. The van der Waals surface area contributed by atoms with Gasteiger partial charge in [-0.1, -0.05) is 139 Å². The summed E-state index contributed by atoms with van der Waals surface area (Å²) >= 11 is 0. The van der Waals surface area contributed by atoms with Crippen molar-refractivity contribution >= 4 is 39.2 Å². The van der Waals surface area contributed by atoms with Gasteiger partial charge in [-0.25, -0.2) is 0 Å². The highest BCUT2D eigenvalue weighted by Gasteiger charge is 2.24. The van der Waals surface area contributed by atoms with E-state index < -0.39 is 17.6 Å². The summed E-state index contributed by atoms with van der Waals surface area (Å²) < 4.78 is 12.9. The van der Waals surface area contributed by atoms with Gasteiger partial charge in [0.1, 0.15) is 0 Å². The highest BCUT2D eigenvalue weighted by molar-refractivity contribution is 8.76. The molecule has 0 rings (SSSR count). The zero-order valence-electron chi connectivity index (χ0n) is 24.1. The third-order valence-electron chi connectivity index (χ3n) is 6.89. The van der Waals surface area contributed by atoms with Crippen LogP contribution in [-0.2, 0) is 9.47 Å². The van der Waals surface area contributed by atoms with E-state index in [1.165, 1.54) is 99.9 Å². The van der Waals surface area contributed by atoms with E-state index in [1.807, 2.05) is 0 Å². The first-order valence-corrected chi connectivity index (χ1v) is 22.2. The number of hydrogen-bond acceptors (Lipinski definition) is 4. The van der Waals surface area contributed by atoms with Crippen molar-refractivity contribution in [3.8, 4) is 0 Å². The predicted octanol–water partition coefficient (Wildman–Crippen LogP) is 9.47. The Kier molecular flexibility index (Phi) is 27.9. The summed E-state index contributed by atoms with van der Waals surface area (Å²) in [5, 5.41) is 0. The molecule has 0 aliphatic heterocycles. The van der Waals surface area contributed by atoms with Gasteiger partial charge >= 0.3 is 0 Å². The first-order valence-electron chi connectivity index (χ1n) is 15.2. The number of rotatable bonds is 27. The Morgan fingerprint density at radius 1 is 0.500 bits per heavy atom. The molecule has 0 N–H and O–H groups in total. The lowest BCUT2D eigenvalue weighted by Crippen LogP contribution is -2.34. The molecule has 0 heterocycles. The Bertz CT molecular complexity index is 353. The maximum absolute atomic E-state index is 6.47. The quantitative estimate of drug-likeness (QED) is 0.0575. The van der Waals surface area contributed by atoms with Crippen molar-refractivity contribution in [3.63, 3.8) is 0 Å². The van der Waals surface area contributed by atoms with Crippen LogP contribution in [0.5, 0.6) is 0 Å². The van der Waals surface area contributed by atoms with Crippen LogP contribution in [0.25, 0.3) is 0 Å². The molecule has 2 nitrogen and oxygen atoms in total. The highest BCUT2D eigenvalue weighted by Crippen LogP contribution is 2.28. The largest absolute Gasteiger partial charge is 0.382 e. The van der Waals surface area contributed by atoms with E-state index in [0.717, 1.165) is 26.1 Å². The summed E-state index contributed by atoms with van der Waals surface area (Å²) in [7, 11) is 2.63. The highest BCUT2D eigenvalue weighted by atomic mass is 33.1. The van der Waals surface area contributed by atoms with Gasteiger partial charge in [0.2, 0.25) is 0 Å². The molecule has 2 atom stereocenters. The Balaban J connectivity index is 4.61. The van der Waals surface area contributed by atoms with Gasteiger partial charge in [0.05, 0.1) is 17.6 Å². The minimum Gasteiger partial charge on any atom is -0.382 e. The van der Waals surface area contributed by atoms with Gasteiger partial charge in [-0.15, -0.1) is 0 Å². The molecule has 34 heavy (non-hydrogen) atoms. The summed E-state index contributed by atoms with van der Waals surface area (Å²) in [6.45, 7) is 15.8. The Hall–Kier alpha value is 1.05. The van der Waals surface area contributed by atoms with Gasteiger partial charge in [-0.3, -0.25) is 0 Å². The second kappa shape index (κ2) is 27.1. The van der Waals surface area contributed by atoms with E-state index in [4.69, 9.17) is 9.47 Å². The average Bonchev–Trinajstić information content (AvgIpc) is 2.85. The third-order valence-corrected chi connectivity index (χ3v) is 17.1. The molecule has 2 unspecified atom stereocenters. The third kappa shape index (κ3) is 19.2. The lowest BCUT2D eigenvalue weighted by molar-refractivity contribution is 0.0997. The van der Waals surface area contributed by atoms with E-state index >= 15 is 0 Å². The molecular formula is C28H62O2S2Si2. The fraction of sp³-hybridized carbons (Fsp3) is 1.00. The molecule has 6 heteroatoms. The van der Waals surface area contributed by atoms with Crippen LogP contribution < -0.4 is 0 Å². The van der Waals surface area contributed by atoms with Crippen molar-refractivity contribution in [1.29, 1.82) is 0 Å². The summed E-state index contributed by atoms with van der Waals surface area (Å²) in [4.78, 5) is 0. The molecule has 0 saturated heterocycles. The van der Waals surface area contributed by atoms with E-state index in [0.29, 0.717) is 11.5 Å². The molecule has 0 amide bonds. The van der Waals surface area contributed by atoms with Crippen molar-refractivity contribution in [3.05, 3.63) is 0 Å². The van der Waals surface area contributed by atoms with Crippen molar-refractivity contribution in [2.24, 2.45) is 0 Å². The normalized spacial score (nSPS) is 13.8. The molecule has 0 spiro atoms. The van der Waals surface area contributed by atoms with E-state index in [1.54, 1.807) is 0 Å². The molecule has 0 aromatic heterocycles. The average molecular weight is 551 g/mol. The number of hydrogen-bond donors (Lipinski definition) is 0. The molecule has 0 aliphatic carbocycles. The van der Waals surface area contributed by atoms with Crippen LogP contribution in [0.4, 0.5) is 0 Å². The Labute approximate surface area is 226 Å². The lowest BCUT2D eigenvalue weighted by atomic mass is 10.4. The lowest BCUT2D eigenvalue weighted by Gasteiger charge is -2.27. The molecule has 0 aromatic rings. The van der Waals surface area contributed by atoms with Crippen molar-refractivity contribution in [2.45, 2.75) is 154 Å². The fourth-order valence-corrected chi connectivity index (χ4v) is 15.3. The first kappa shape index (κ1) is 35.1. The van der Waals surface area contributed by atoms with E-state index in [9.17, 15) is 0 Å². The summed E-state index contributed by atoms with van der Waals surface area (Å²) in [5.74, 6) is 2.52. The maximum Gasteiger partial charge on any atom is 0.0717 e. The standard InChI is InChI=1S/C28H62O2S2Si2/c1-7-13-23-33(24-14-8-2)27(29-19-11-5)17-21-31-32-22-18-28(30-20-12-6)34(25-15-9-3)26-16-10-4/h27-28,33-34H,7-26H2,1-6H3. The second-order valence-corrected chi connectivity index (χ2v) is 19.7. The molecule has 0 aliphatic rings. The van der Waals surface area contributed by atoms with Crippen molar-refractivity contribution in [1.82, 2.24) is 0 Å². The molecule has 0 fully saturated rings.